The number of nitrogen functional groups attached to an aromatic ring is 1. The van der Waals surface area contributed by atoms with Crippen molar-refractivity contribution in [2.45, 2.75) is 0 Å². The van der Waals surface area contributed by atoms with Gasteiger partial charge in [-0.1, -0.05) is 0 Å². The van der Waals surface area contributed by atoms with Crippen molar-refractivity contribution in [1.82, 2.24) is 20.2 Å². The first-order chi connectivity index (χ1) is 6.27. The Morgan fingerprint density at radius 1 is 1.46 bits per heavy atom. The molecule has 0 amide bonds. The molecule has 0 saturated carbocycles. The van der Waals surface area contributed by atoms with Crippen molar-refractivity contribution in [1.29, 1.82) is 0 Å². The van der Waals surface area contributed by atoms with Crippen molar-refractivity contribution in [2.75, 3.05) is 5.73 Å². The molecule has 6 heteroatoms. The van der Waals surface area contributed by atoms with Gasteiger partial charge in [-0.2, -0.15) is 5.10 Å². The number of nitrogens with two attached hydrogens (primary N) is 1. The van der Waals surface area contributed by atoms with Crippen molar-refractivity contribution >= 4 is 21.9 Å². The molecular formula is C7H6BrN5. The van der Waals surface area contributed by atoms with Crippen LogP contribution in [0.25, 0.3) is 11.4 Å². The van der Waals surface area contributed by atoms with E-state index in [0.29, 0.717) is 0 Å². The number of nitrogens with one attached hydrogen (secondary N) is 1. The third-order valence-corrected chi connectivity index (χ3v) is 2.12. The zero-order valence-electron chi connectivity index (χ0n) is 6.53. The second-order valence-electron chi connectivity index (χ2n) is 2.39. The molecule has 0 bridgehead atoms. The molecule has 2 heterocycles. The van der Waals surface area contributed by atoms with E-state index in [4.69, 9.17) is 5.73 Å². The van der Waals surface area contributed by atoms with Crippen molar-refractivity contribution < 1.29 is 0 Å². The SMILES string of the molecule is Nc1nccc(-c2[nH]ncc2Br)n1. The van der Waals surface area contributed by atoms with Crippen LogP contribution in [0.2, 0.25) is 0 Å². The Morgan fingerprint density at radius 3 is 2.92 bits per heavy atom. The van der Waals surface area contributed by atoms with Crippen molar-refractivity contribution in [3.8, 4) is 11.4 Å². The number of halogens is 1. The summed E-state index contributed by atoms with van der Waals surface area (Å²) in [6, 6.07) is 1.76. The first kappa shape index (κ1) is 8.18. The quantitative estimate of drug-likeness (QED) is 0.784. The highest BCUT2D eigenvalue weighted by atomic mass is 79.9. The van der Waals surface area contributed by atoms with Crippen LogP contribution >= 0.6 is 15.9 Å². The highest BCUT2D eigenvalue weighted by molar-refractivity contribution is 9.10. The number of hydrogen-bond donors (Lipinski definition) is 2. The predicted octanol–water partition coefficient (Wildman–Crippen LogP) is 1.21. The van der Waals surface area contributed by atoms with E-state index in [2.05, 4.69) is 36.1 Å². The molecule has 0 unspecified atom stereocenters. The van der Waals surface area contributed by atoms with E-state index < -0.39 is 0 Å². The second kappa shape index (κ2) is 3.14. The lowest BCUT2D eigenvalue weighted by Crippen LogP contribution is -1.95. The number of anilines is 1. The molecule has 0 saturated heterocycles. The molecule has 0 radical (unpaired) electrons. The fourth-order valence-electron chi connectivity index (χ4n) is 0.964. The smallest absolute Gasteiger partial charge is 0.220 e. The van der Waals surface area contributed by atoms with Crippen LogP contribution in [0.4, 0.5) is 5.95 Å². The number of nitrogens with zero attached hydrogens (tertiary/aromatic N) is 3. The summed E-state index contributed by atoms with van der Waals surface area (Å²) < 4.78 is 0.852. The average molecular weight is 240 g/mol. The van der Waals surface area contributed by atoms with Gasteiger partial charge in [0.25, 0.3) is 0 Å². The molecule has 3 N–H and O–H groups in total. The molecule has 0 aliphatic heterocycles. The van der Waals surface area contributed by atoms with E-state index in [1.165, 1.54) is 0 Å². The van der Waals surface area contributed by atoms with E-state index in [1.807, 2.05) is 0 Å². The van der Waals surface area contributed by atoms with Crippen molar-refractivity contribution in [2.24, 2.45) is 0 Å². The molecular weight excluding hydrogens is 234 g/mol. The van der Waals surface area contributed by atoms with Gasteiger partial charge in [-0.15, -0.1) is 0 Å². The monoisotopic (exact) mass is 239 g/mol. The van der Waals surface area contributed by atoms with E-state index in [0.717, 1.165) is 15.9 Å². The zero-order valence-corrected chi connectivity index (χ0v) is 8.12. The first-order valence-electron chi connectivity index (χ1n) is 3.55. The summed E-state index contributed by atoms with van der Waals surface area (Å²) in [5, 5.41) is 6.66. The molecule has 13 heavy (non-hydrogen) atoms. The Hall–Kier alpha value is -1.43. The Bertz CT molecular complexity index is 424. The third kappa shape index (κ3) is 1.52. The summed E-state index contributed by atoms with van der Waals surface area (Å²) in [6.45, 7) is 0. The van der Waals surface area contributed by atoms with Crippen LogP contribution < -0.4 is 5.73 Å². The minimum Gasteiger partial charge on any atom is -0.368 e. The van der Waals surface area contributed by atoms with Crippen LogP contribution in [-0.2, 0) is 0 Å². The molecule has 5 nitrogen and oxygen atoms in total. The maximum atomic E-state index is 5.44. The van der Waals surface area contributed by atoms with Crippen LogP contribution in [0.3, 0.4) is 0 Å². The summed E-state index contributed by atoms with van der Waals surface area (Å²) >= 11 is 3.33. The molecule has 66 valence electrons. The van der Waals surface area contributed by atoms with E-state index in [9.17, 15) is 0 Å². The van der Waals surface area contributed by atoms with Gasteiger partial charge in [-0.05, 0) is 22.0 Å². The topological polar surface area (TPSA) is 80.5 Å². The molecule has 0 atom stereocenters. The Kier molecular flexibility index (Phi) is 1.97. The van der Waals surface area contributed by atoms with Gasteiger partial charge in [-0.25, -0.2) is 9.97 Å². The molecule has 2 rings (SSSR count). The van der Waals surface area contributed by atoms with Crippen LogP contribution in [0.15, 0.2) is 22.9 Å². The Labute approximate surface area is 82.5 Å². The van der Waals surface area contributed by atoms with Gasteiger partial charge in [0.1, 0.15) is 0 Å². The fraction of sp³-hybridized carbons (Fsp3) is 0. The second-order valence-corrected chi connectivity index (χ2v) is 3.25. The standard InChI is InChI=1S/C7H6BrN5/c8-4-3-11-13-6(4)5-1-2-10-7(9)12-5/h1-3H,(H,11,13)(H2,9,10,12). The minimum absolute atomic E-state index is 0.249. The van der Waals surface area contributed by atoms with Gasteiger partial charge in [-0.3, -0.25) is 5.10 Å². The molecule has 0 spiro atoms. The highest BCUT2D eigenvalue weighted by Crippen LogP contribution is 2.23. The van der Waals surface area contributed by atoms with Gasteiger partial charge >= 0.3 is 0 Å². The number of aromatic amines is 1. The van der Waals surface area contributed by atoms with Crippen LogP contribution in [0.1, 0.15) is 0 Å². The maximum Gasteiger partial charge on any atom is 0.220 e. The van der Waals surface area contributed by atoms with Gasteiger partial charge in [0.05, 0.1) is 22.1 Å². The van der Waals surface area contributed by atoms with Gasteiger partial charge < -0.3 is 5.73 Å². The Balaban J connectivity index is 2.53. The van der Waals surface area contributed by atoms with Gasteiger partial charge in [0.15, 0.2) is 0 Å². The first-order valence-corrected chi connectivity index (χ1v) is 4.34. The third-order valence-electron chi connectivity index (χ3n) is 1.52. The van der Waals surface area contributed by atoms with Crippen molar-refractivity contribution in [3.63, 3.8) is 0 Å². The molecule has 0 fully saturated rings. The average Bonchev–Trinajstić information content (AvgIpc) is 2.51. The summed E-state index contributed by atoms with van der Waals surface area (Å²) in [4.78, 5) is 7.84. The van der Waals surface area contributed by atoms with Crippen LogP contribution in [0, 0.1) is 0 Å². The lowest BCUT2D eigenvalue weighted by molar-refractivity contribution is 1.08. The summed E-state index contributed by atoms with van der Waals surface area (Å²) in [5.41, 5.74) is 6.96. The van der Waals surface area contributed by atoms with E-state index >= 15 is 0 Å². The predicted molar refractivity (Wildman–Crippen MR) is 51.7 cm³/mol. The zero-order chi connectivity index (χ0) is 9.26. The van der Waals surface area contributed by atoms with Gasteiger partial charge in [0.2, 0.25) is 5.95 Å². The number of rotatable bonds is 1. The maximum absolute atomic E-state index is 5.44. The summed E-state index contributed by atoms with van der Waals surface area (Å²) in [6.07, 6.45) is 3.26. The number of aromatic nitrogens is 4. The molecule has 2 aromatic rings. The molecule has 2 aromatic heterocycles. The molecule has 0 aliphatic rings. The van der Waals surface area contributed by atoms with E-state index in [-0.39, 0.29) is 5.95 Å². The van der Waals surface area contributed by atoms with Crippen molar-refractivity contribution in [3.05, 3.63) is 22.9 Å². The fourth-order valence-corrected chi connectivity index (χ4v) is 1.36. The largest absolute Gasteiger partial charge is 0.368 e. The molecule has 0 aliphatic carbocycles. The lowest BCUT2D eigenvalue weighted by Gasteiger charge is -1.97. The Morgan fingerprint density at radius 2 is 2.31 bits per heavy atom. The summed E-state index contributed by atoms with van der Waals surface area (Å²) in [5.74, 6) is 0.249. The lowest BCUT2D eigenvalue weighted by atomic mass is 10.3. The van der Waals surface area contributed by atoms with Gasteiger partial charge in [0, 0.05) is 6.20 Å². The number of hydrogen-bond acceptors (Lipinski definition) is 4. The minimum atomic E-state index is 0.249. The summed E-state index contributed by atoms with van der Waals surface area (Å²) in [7, 11) is 0. The molecule has 0 aromatic carbocycles. The normalized spacial score (nSPS) is 10.2. The number of H-pyrrole nitrogens is 1. The van der Waals surface area contributed by atoms with Crippen LogP contribution in [-0.4, -0.2) is 20.2 Å². The van der Waals surface area contributed by atoms with E-state index in [1.54, 1.807) is 18.5 Å². The van der Waals surface area contributed by atoms with Crippen LogP contribution in [0.5, 0.6) is 0 Å². The highest BCUT2D eigenvalue weighted by Gasteiger charge is 2.06.